The Labute approximate surface area is 147 Å². The molecule has 1 amide bonds. The van der Waals surface area contributed by atoms with E-state index in [4.69, 9.17) is 9.47 Å². The molecule has 3 rings (SSSR count). The Balaban J connectivity index is 1.79. The fourth-order valence-electron chi connectivity index (χ4n) is 3.13. The molecule has 1 saturated heterocycles. The van der Waals surface area contributed by atoms with Crippen LogP contribution in [0.2, 0.25) is 0 Å². The topological polar surface area (TPSA) is 64.5 Å². The minimum atomic E-state index is 0.0113. The Morgan fingerprint density at radius 2 is 2.16 bits per heavy atom. The lowest BCUT2D eigenvalue weighted by Gasteiger charge is -2.32. The largest absolute Gasteiger partial charge is 0.437 e. The normalized spacial score (nSPS) is 17.4. The second kappa shape index (κ2) is 8.07. The number of nitrogens with zero attached hydrogens (tertiary/aromatic N) is 3. The summed E-state index contributed by atoms with van der Waals surface area (Å²) in [5.41, 5.74) is 1.93. The SMILES string of the molecule is COCC(=O)N1CCCC(c2nccnc2Oc2cccc(C)c2)C1. The van der Waals surface area contributed by atoms with E-state index in [0.29, 0.717) is 12.4 Å². The van der Waals surface area contributed by atoms with Gasteiger partial charge in [0.25, 0.3) is 0 Å². The molecule has 0 N–H and O–H groups in total. The number of methoxy groups -OCH3 is 1. The van der Waals surface area contributed by atoms with E-state index in [1.807, 2.05) is 36.1 Å². The minimum Gasteiger partial charge on any atom is -0.437 e. The van der Waals surface area contributed by atoms with Crippen LogP contribution in [-0.4, -0.2) is 47.6 Å². The zero-order valence-electron chi connectivity index (χ0n) is 14.6. The van der Waals surface area contributed by atoms with E-state index in [9.17, 15) is 4.79 Å². The second-order valence-corrected chi connectivity index (χ2v) is 6.28. The van der Waals surface area contributed by atoms with E-state index in [2.05, 4.69) is 9.97 Å². The molecule has 2 heterocycles. The van der Waals surface area contributed by atoms with Crippen LogP contribution in [0.15, 0.2) is 36.7 Å². The zero-order valence-corrected chi connectivity index (χ0v) is 14.6. The lowest BCUT2D eigenvalue weighted by molar-refractivity contribution is -0.136. The van der Waals surface area contributed by atoms with Crippen LogP contribution in [0.1, 0.15) is 30.0 Å². The van der Waals surface area contributed by atoms with E-state index in [-0.39, 0.29) is 18.4 Å². The molecule has 25 heavy (non-hydrogen) atoms. The number of likely N-dealkylation sites (tertiary alicyclic amines) is 1. The molecule has 0 bridgehead atoms. The molecular formula is C19H23N3O3. The number of hydrogen-bond acceptors (Lipinski definition) is 5. The van der Waals surface area contributed by atoms with Crippen LogP contribution in [0.25, 0.3) is 0 Å². The first kappa shape index (κ1) is 17.4. The first-order valence-corrected chi connectivity index (χ1v) is 8.49. The molecule has 6 nitrogen and oxygen atoms in total. The van der Waals surface area contributed by atoms with Crippen molar-refractivity contribution >= 4 is 5.91 Å². The first-order chi connectivity index (χ1) is 12.2. The van der Waals surface area contributed by atoms with Crippen molar-refractivity contribution in [3.05, 3.63) is 47.9 Å². The number of carbonyl (C=O) groups is 1. The number of rotatable bonds is 5. The third-order valence-corrected chi connectivity index (χ3v) is 4.32. The number of amides is 1. The van der Waals surface area contributed by atoms with Gasteiger partial charge in [0.15, 0.2) is 0 Å². The van der Waals surface area contributed by atoms with E-state index in [0.717, 1.165) is 36.4 Å². The smallest absolute Gasteiger partial charge is 0.248 e. The van der Waals surface area contributed by atoms with Gasteiger partial charge < -0.3 is 14.4 Å². The van der Waals surface area contributed by atoms with Crippen LogP contribution < -0.4 is 4.74 Å². The third kappa shape index (κ3) is 4.33. The van der Waals surface area contributed by atoms with Crippen LogP contribution in [0.4, 0.5) is 0 Å². The Hall–Kier alpha value is -2.47. The Morgan fingerprint density at radius 1 is 1.32 bits per heavy atom. The van der Waals surface area contributed by atoms with Gasteiger partial charge in [-0.2, -0.15) is 0 Å². The fraction of sp³-hybridized carbons (Fsp3) is 0.421. The molecule has 1 unspecified atom stereocenters. The van der Waals surface area contributed by atoms with Gasteiger partial charge >= 0.3 is 0 Å². The van der Waals surface area contributed by atoms with Crippen LogP contribution >= 0.6 is 0 Å². The fourth-order valence-corrected chi connectivity index (χ4v) is 3.13. The van der Waals surface area contributed by atoms with Gasteiger partial charge in [-0.3, -0.25) is 9.78 Å². The maximum absolute atomic E-state index is 12.1. The molecule has 1 aromatic carbocycles. The molecule has 1 aromatic heterocycles. The maximum atomic E-state index is 12.1. The molecule has 6 heteroatoms. The van der Waals surface area contributed by atoms with Gasteiger partial charge in [0.1, 0.15) is 18.1 Å². The molecule has 132 valence electrons. The number of hydrogen-bond donors (Lipinski definition) is 0. The highest BCUT2D eigenvalue weighted by molar-refractivity contribution is 5.77. The summed E-state index contributed by atoms with van der Waals surface area (Å²) in [6.07, 6.45) is 5.19. The average molecular weight is 341 g/mol. The monoisotopic (exact) mass is 341 g/mol. The molecule has 1 fully saturated rings. The summed E-state index contributed by atoms with van der Waals surface area (Å²) < 4.78 is 11.0. The van der Waals surface area contributed by atoms with E-state index >= 15 is 0 Å². The van der Waals surface area contributed by atoms with Gasteiger partial charge in [0.05, 0.1) is 0 Å². The molecule has 2 aromatic rings. The molecule has 0 aliphatic carbocycles. The molecule has 1 atom stereocenters. The van der Waals surface area contributed by atoms with E-state index < -0.39 is 0 Å². The van der Waals surface area contributed by atoms with Crippen molar-refractivity contribution in [2.75, 3.05) is 26.8 Å². The summed E-state index contributed by atoms with van der Waals surface area (Å²) in [6.45, 7) is 3.50. The van der Waals surface area contributed by atoms with Crippen molar-refractivity contribution in [2.45, 2.75) is 25.7 Å². The van der Waals surface area contributed by atoms with Gasteiger partial charge in [-0.25, -0.2) is 4.98 Å². The van der Waals surface area contributed by atoms with Crippen LogP contribution in [0.5, 0.6) is 11.6 Å². The van der Waals surface area contributed by atoms with Crippen molar-refractivity contribution in [3.63, 3.8) is 0 Å². The average Bonchev–Trinajstić information content (AvgIpc) is 2.62. The molecule has 0 radical (unpaired) electrons. The number of aromatic nitrogens is 2. The first-order valence-electron chi connectivity index (χ1n) is 8.49. The highest BCUT2D eigenvalue weighted by Gasteiger charge is 2.28. The summed E-state index contributed by atoms with van der Waals surface area (Å²) in [5, 5.41) is 0. The number of benzene rings is 1. The van der Waals surface area contributed by atoms with Crippen LogP contribution in [0, 0.1) is 6.92 Å². The highest BCUT2D eigenvalue weighted by atomic mass is 16.5. The van der Waals surface area contributed by atoms with Gasteiger partial charge in [-0.15, -0.1) is 0 Å². The summed E-state index contributed by atoms with van der Waals surface area (Å²) >= 11 is 0. The zero-order chi connectivity index (χ0) is 17.6. The van der Waals surface area contributed by atoms with Gasteiger partial charge in [0, 0.05) is 38.5 Å². The van der Waals surface area contributed by atoms with Crippen molar-refractivity contribution < 1.29 is 14.3 Å². The summed E-state index contributed by atoms with van der Waals surface area (Å²) in [4.78, 5) is 22.8. The molecule has 1 aliphatic heterocycles. The predicted molar refractivity (Wildman–Crippen MR) is 93.7 cm³/mol. The van der Waals surface area contributed by atoms with Crippen molar-refractivity contribution in [1.29, 1.82) is 0 Å². The quantitative estimate of drug-likeness (QED) is 0.837. The number of aryl methyl sites for hydroxylation is 1. The van der Waals surface area contributed by atoms with Crippen molar-refractivity contribution in [3.8, 4) is 11.6 Å². The van der Waals surface area contributed by atoms with E-state index in [1.165, 1.54) is 7.11 Å². The Kier molecular flexibility index (Phi) is 5.60. The molecule has 1 aliphatic rings. The molecule has 0 saturated carbocycles. The summed E-state index contributed by atoms with van der Waals surface area (Å²) in [5.74, 6) is 1.38. The lowest BCUT2D eigenvalue weighted by Crippen LogP contribution is -2.41. The van der Waals surface area contributed by atoms with Crippen molar-refractivity contribution in [2.24, 2.45) is 0 Å². The molecule has 0 spiro atoms. The van der Waals surface area contributed by atoms with Gasteiger partial charge in [-0.1, -0.05) is 12.1 Å². The Morgan fingerprint density at radius 3 is 2.96 bits per heavy atom. The second-order valence-electron chi connectivity index (χ2n) is 6.28. The van der Waals surface area contributed by atoms with E-state index in [1.54, 1.807) is 12.4 Å². The van der Waals surface area contributed by atoms with Crippen molar-refractivity contribution in [1.82, 2.24) is 14.9 Å². The van der Waals surface area contributed by atoms with Gasteiger partial charge in [0.2, 0.25) is 11.8 Å². The highest BCUT2D eigenvalue weighted by Crippen LogP contribution is 2.32. The Bertz CT molecular complexity index is 735. The van der Waals surface area contributed by atoms with Crippen LogP contribution in [-0.2, 0) is 9.53 Å². The number of piperidine rings is 1. The third-order valence-electron chi connectivity index (χ3n) is 4.32. The number of carbonyl (C=O) groups excluding carboxylic acids is 1. The molecular weight excluding hydrogens is 318 g/mol. The number of ether oxygens (including phenoxy) is 2. The summed E-state index contributed by atoms with van der Waals surface area (Å²) in [6, 6.07) is 7.84. The minimum absolute atomic E-state index is 0.0113. The predicted octanol–water partition coefficient (Wildman–Crippen LogP) is 2.93. The maximum Gasteiger partial charge on any atom is 0.248 e. The van der Waals surface area contributed by atoms with Crippen LogP contribution in [0.3, 0.4) is 0 Å². The summed E-state index contributed by atoms with van der Waals surface area (Å²) in [7, 11) is 1.54. The lowest BCUT2D eigenvalue weighted by atomic mass is 9.94. The standard InChI is InChI=1S/C19H23N3O3/c1-14-5-3-7-16(11-14)25-19-18(20-8-9-21-19)15-6-4-10-22(12-15)17(23)13-24-2/h3,5,7-9,11,15H,4,6,10,12-13H2,1-2H3. The van der Waals surface area contributed by atoms with Gasteiger partial charge in [-0.05, 0) is 37.5 Å².